The van der Waals surface area contributed by atoms with Crippen LogP contribution in [0.1, 0.15) is 13.3 Å². The van der Waals surface area contributed by atoms with Gasteiger partial charge in [0.25, 0.3) is 0 Å². The van der Waals surface area contributed by atoms with Crippen molar-refractivity contribution in [2.24, 2.45) is 0 Å². The molecule has 0 saturated heterocycles. The van der Waals surface area contributed by atoms with E-state index in [9.17, 15) is 8.42 Å². The molecule has 0 saturated carbocycles. The first-order chi connectivity index (χ1) is 15.0. The number of hydrogen-bond acceptors (Lipinski definition) is 6. The minimum Gasteiger partial charge on any atom is -0.344 e. The van der Waals surface area contributed by atoms with Crippen molar-refractivity contribution in [1.29, 1.82) is 0 Å². The van der Waals surface area contributed by atoms with Gasteiger partial charge in [-0.15, -0.1) is 11.3 Å². The van der Waals surface area contributed by atoms with Gasteiger partial charge in [-0.2, -0.15) is 0 Å². The first kappa shape index (κ1) is 19.7. The van der Waals surface area contributed by atoms with E-state index < -0.39 is 10.0 Å². The van der Waals surface area contributed by atoms with Crippen molar-refractivity contribution in [2.45, 2.75) is 13.3 Å². The second-order valence-electron chi connectivity index (χ2n) is 7.19. The molecule has 0 unspecified atom stereocenters. The molecule has 9 heteroatoms. The third kappa shape index (κ3) is 3.89. The van der Waals surface area contributed by atoms with Crippen molar-refractivity contribution >= 4 is 48.4 Å². The van der Waals surface area contributed by atoms with E-state index in [1.807, 2.05) is 36.8 Å². The fourth-order valence-corrected chi connectivity index (χ4v) is 5.36. The Hall–Kier alpha value is -3.30. The standard InChI is InChI=1S/C22H19N5O2S2/c1-2-8-31(28,29)27-16-5-3-4-15(9-16)19-12-24-22-21(26-19)17(11-23-22)14-6-7-18-20(10-14)30-13-25-18/h3-7,9-13,27H,2,8H2,1H3,(H,23,24). The molecule has 5 rings (SSSR count). The van der Waals surface area contributed by atoms with Crippen LogP contribution in [0.25, 0.3) is 43.8 Å². The maximum absolute atomic E-state index is 12.1. The number of rotatable bonds is 6. The molecule has 0 radical (unpaired) electrons. The molecule has 31 heavy (non-hydrogen) atoms. The number of fused-ring (bicyclic) bond motifs is 2. The molecule has 0 bridgehead atoms. The van der Waals surface area contributed by atoms with E-state index >= 15 is 0 Å². The van der Waals surface area contributed by atoms with Crippen molar-refractivity contribution in [3.63, 3.8) is 0 Å². The van der Waals surface area contributed by atoms with Crippen molar-refractivity contribution in [1.82, 2.24) is 19.9 Å². The normalized spacial score (nSPS) is 11.9. The summed E-state index contributed by atoms with van der Waals surface area (Å²) < 4.78 is 28.0. The molecule has 0 aliphatic carbocycles. The number of aromatic amines is 1. The van der Waals surface area contributed by atoms with Gasteiger partial charge in [0, 0.05) is 23.0 Å². The summed E-state index contributed by atoms with van der Waals surface area (Å²) in [6.45, 7) is 1.83. The molecule has 5 aromatic rings. The summed E-state index contributed by atoms with van der Waals surface area (Å²) in [4.78, 5) is 16.9. The third-order valence-corrected chi connectivity index (χ3v) is 7.21. The van der Waals surface area contributed by atoms with E-state index in [2.05, 4.69) is 25.7 Å². The van der Waals surface area contributed by atoms with Gasteiger partial charge in [-0.25, -0.2) is 23.4 Å². The zero-order valence-corrected chi connectivity index (χ0v) is 18.3. The molecule has 0 aliphatic heterocycles. The highest BCUT2D eigenvalue weighted by Crippen LogP contribution is 2.31. The van der Waals surface area contributed by atoms with E-state index in [0.717, 1.165) is 32.4 Å². The predicted octanol–water partition coefficient (Wildman–Crippen LogP) is 5.05. The number of hydrogen-bond donors (Lipinski definition) is 2. The lowest BCUT2D eigenvalue weighted by molar-refractivity contribution is 0.600. The Labute approximate surface area is 183 Å². The van der Waals surface area contributed by atoms with Crippen LogP contribution < -0.4 is 4.72 Å². The highest BCUT2D eigenvalue weighted by molar-refractivity contribution is 7.92. The Bertz CT molecular complexity index is 1500. The Balaban J connectivity index is 1.54. The Morgan fingerprint density at radius 3 is 2.87 bits per heavy atom. The van der Waals surface area contributed by atoms with Crippen LogP contribution in [0.15, 0.2) is 60.4 Å². The van der Waals surface area contributed by atoms with Crippen LogP contribution in [0, 0.1) is 0 Å². The minimum atomic E-state index is -3.36. The molecular formula is C22H19N5O2S2. The fraction of sp³-hybridized carbons (Fsp3) is 0.136. The van der Waals surface area contributed by atoms with Gasteiger partial charge in [-0.1, -0.05) is 25.1 Å². The number of sulfonamides is 1. The number of nitrogens with zero attached hydrogens (tertiary/aromatic N) is 3. The lowest BCUT2D eigenvalue weighted by atomic mass is 10.1. The first-order valence-electron chi connectivity index (χ1n) is 9.81. The molecule has 3 heterocycles. The molecule has 0 amide bonds. The fourth-order valence-electron chi connectivity index (χ4n) is 3.51. The van der Waals surface area contributed by atoms with Crippen LogP contribution in [0.3, 0.4) is 0 Å². The van der Waals surface area contributed by atoms with Crippen molar-refractivity contribution in [3.05, 3.63) is 60.4 Å². The van der Waals surface area contributed by atoms with Crippen LogP contribution in [-0.2, 0) is 10.0 Å². The van der Waals surface area contributed by atoms with Crippen molar-refractivity contribution in [3.8, 4) is 22.4 Å². The average molecular weight is 450 g/mol. The summed E-state index contributed by atoms with van der Waals surface area (Å²) in [5.41, 5.74) is 8.24. The summed E-state index contributed by atoms with van der Waals surface area (Å²) in [5, 5.41) is 0. The summed E-state index contributed by atoms with van der Waals surface area (Å²) in [6.07, 6.45) is 4.15. The molecule has 0 spiro atoms. The lowest BCUT2D eigenvalue weighted by Crippen LogP contribution is -2.16. The second-order valence-corrected chi connectivity index (χ2v) is 9.92. The van der Waals surface area contributed by atoms with Crippen LogP contribution in [0.5, 0.6) is 0 Å². The molecular weight excluding hydrogens is 430 g/mol. The van der Waals surface area contributed by atoms with Gasteiger partial charge in [-0.3, -0.25) is 4.72 Å². The predicted molar refractivity (Wildman–Crippen MR) is 126 cm³/mol. The van der Waals surface area contributed by atoms with Crippen molar-refractivity contribution < 1.29 is 8.42 Å². The lowest BCUT2D eigenvalue weighted by Gasteiger charge is -2.09. The number of thiazole rings is 1. The van der Waals surface area contributed by atoms with Crippen LogP contribution >= 0.6 is 11.3 Å². The molecule has 2 N–H and O–H groups in total. The van der Waals surface area contributed by atoms with Gasteiger partial charge in [0.2, 0.25) is 10.0 Å². The molecule has 0 fully saturated rings. The third-order valence-electron chi connectivity index (χ3n) is 4.93. The second kappa shape index (κ2) is 7.75. The van der Waals surface area contributed by atoms with Crippen LogP contribution in [-0.4, -0.2) is 34.1 Å². The molecule has 7 nitrogen and oxygen atoms in total. The maximum atomic E-state index is 12.1. The number of aromatic nitrogens is 4. The topological polar surface area (TPSA) is 101 Å². The van der Waals surface area contributed by atoms with E-state index in [1.54, 1.807) is 35.7 Å². The average Bonchev–Trinajstić information content (AvgIpc) is 3.39. The number of H-pyrrole nitrogens is 1. The van der Waals surface area contributed by atoms with Crippen molar-refractivity contribution in [2.75, 3.05) is 10.5 Å². The number of anilines is 1. The maximum Gasteiger partial charge on any atom is 0.232 e. The molecule has 0 atom stereocenters. The smallest absolute Gasteiger partial charge is 0.232 e. The van der Waals surface area contributed by atoms with Gasteiger partial charge in [0.05, 0.1) is 33.4 Å². The van der Waals surface area contributed by atoms with E-state index in [0.29, 0.717) is 23.4 Å². The van der Waals surface area contributed by atoms with E-state index in [1.165, 1.54) is 0 Å². The minimum absolute atomic E-state index is 0.0831. The number of benzene rings is 2. The van der Waals surface area contributed by atoms with Gasteiger partial charge in [0.15, 0.2) is 5.65 Å². The summed E-state index contributed by atoms with van der Waals surface area (Å²) in [7, 11) is -3.36. The van der Waals surface area contributed by atoms with E-state index in [-0.39, 0.29) is 5.75 Å². The quantitative estimate of drug-likeness (QED) is 0.378. The summed E-state index contributed by atoms with van der Waals surface area (Å²) in [6, 6.07) is 13.3. The van der Waals surface area contributed by atoms with Crippen LogP contribution in [0.4, 0.5) is 5.69 Å². The van der Waals surface area contributed by atoms with Gasteiger partial charge in [-0.05, 0) is 36.2 Å². The molecule has 2 aromatic carbocycles. The highest BCUT2D eigenvalue weighted by Gasteiger charge is 2.13. The zero-order chi connectivity index (χ0) is 21.4. The monoisotopic (exact) mass is 449 g/mol. The largest absolute Gasteiger partial charge is 0.344 e. The Morgan fingerprint density at radius 1 is 1.10 bits per heavy atom. The molecule has 0 aliphatic rings. The SMILES string of the molecule is CCCS(=O)(=O)Nc1cccc(-c2cnc3[nH]cc(-c4ccc5ncsc5c4)c3n2)c1. The first-order valence-corrected chi connectivity index (χ1v) is 12.3. The number of nitrogens with one attached hydrogen (secondary N) is 2. The van der Waals surface area contributed by atoms with Gasteiger partial charge in [0.1, 0.15) is 5.52 Å². The zero-order valence-electron chi connectivity index (χ0n) is 16.7. The van der Waals surface area contributed by atoms with Crippen LogP contribution in [0.2, 0.25) is 0 Å². The van der Waals surface area contributed by atoms with Gasteiger partial charge >= 0.3 is 0 Å². The molecule has 3 aromatic heterocycles. The van der Waals surface area contributed by atoms with Gasteiger partial charge < -0.3 is 4.98 Å². The Kier molecular flexibility index (Phi) is 4.91. The van der Waals surface area contributed by atoms with E-state index in [4.69, 9.17) is 4.98 Å². The Morgan fingerprint density at radius 2 is 2.00 bits per heavy atom. The summed E-state index contributed by atoms with van der Waals surface area (Å²) >= 11 is 1.60. The molecule has 156 valence electrons. The summed E-state index contributed by atoms with van der Waals surface area (Å²) in [5.74, 6) is 0.0831. The highest BCUT2D eigenvalue weighted by atomic mass is 32.2.